The van der Waals surface area contributed by atoms with E-state index in [0.717, 1.165) is 22.3 Å². The Morgan fingerprint density at radius 1 is 0.708 bits per heavy atom. The van der Waals surface area contributed by atoms with Crippen LogP contribution in [0.1, 0.15) is 49.9 Å². The van der Waals surface area contributed by atoms with Crippen molar-refractivity contribution in [3.63, 3.8) is 0 Å². The van der Waals surface area contributed by atoms with E-state index < -0.39 is 10.8 Å². The summed E-state index contributed by atoms with van der Waals surface area (Å²) < 4.78 is 0. The molecule has 2 aromatic carbocycles. The van der Waals surface area contributed by atoms with Gasteiger partial charge in [0, 0.05) is 10.8 Å². The molecule has 24 heavy (non-hydrogen) atoms. The van der Waals surface area contributed by atoms with E-state index in [1.54, 1.807) is 0 Å². The van der Waals surface area contributed by atoms with E-state index in [9.17, 15) is 4.79 Å². The molecule has 0 aliphatic carbocycles. The van der Waals surface area contributed by atoms with Gasteiger partial charge in [0.1, 0.15) is 0 Å². The average molecular weight is 318 g/mol. The minimum atomic E-state index is -0.569. The first kappa shape index (κ1) is 17.9. The molecule has 124 valence electrons. The van der Waals surface area contributed by atoms with Crippen LogP contribution in [-0.2, 0) is 15.6 Å². The van der Waals surface area contributed by atoms with Crippen LogP contribution in [-0.4, -0.2) is 5.78 Å². The number of ketones is 1. The third-order valence-electron chi connectivity index (χ3n) is 4.87. The zero-order chi connectivity index (χ0) is 18.0. The molecule has 0 aliphatic heterocycles. The molecule has 2 aromatic rings. The SMILES string of the molecule is C=Cc1ccc(C(C)(C)C(=O)C(C)(C)c2ccc(C=C)cc2)cc1. The van der Waals surface area contributed by atoms with Gasteiger partial charge in [0.15, 0.2) is 5.78 Å². The summed E-state index contributed by atoms with van der Waals surface area (Å²) in [4.78, 5) is 13.4. The third kappa shape index (κ3) is 3.26. The molecule has 0 saturated carbocycles. The van der Waals surface area contributed by atoms with Gasteiger partial charge in [0.25, 0.3) is 0 Å². The van der Waals surface area contributed by atoms with E-state index in [-0.39, 0.29) is 5.78 Å². The summed E-state index contributed by atoms with van der Waals surface area (Å²) in [6.45, 7) is 15.5. The zero-order valence-electron chi connectivity index (χ0n) is 15.1. The molecule has 0 aliphatic rings. The van der Waals surface area contributed by atoms with Crippen molar-refractivity contribution in [3.05, 3.63) is 83.9 Å². The highest BCUT2D eigenvalue weighted by Crippen LogP contribution is 2.35. The fourth-order valence-electron chi connectivity index (χ4n) is 3.12. The number of benzene rings is 2. The highest BCUT2D eigenvalue weighted by atomic mass is 16.1. The van der Waals surface area contributed by atoms with Crippen LogP contribution in [0.3, 0.4) is 0 Å². The Hall–Kier alpha value is -2.41. The Bertz CT molecular complexity index is 678. The summed E-state index contributed by atoms with van der Waals surface area (Å²) in [5.74, 6) is 0.202. The highest BCUT2D eigenvalue weighted by molar-refractivity contribution is 5.97. The highest BCUT2D eigenvalue weighted by Gasteiger charge is 2.41. The van der Waals surface area contributed by atoms with Crippen LogP contribution in [0.4, 0.5) is 0 Å². The Morgan fingerprint density at radius 3 is 1.25 bits per heavy atom. The maximum absolute atomic E-state index is 13.4. The standard InChI is InChI=1S/C23H26O/c1-7-17-9-13-19(14-10-17)22(3,4)21(24)23(5,6)20-15-11-18(8-2)12-16-20/h7-16H,1-2H2,3-6H3. The second-order valence-electron chi connectivity index (χ2n) is 7.23. The molecule has 1 nitrogen and oxygen atoms in total. The number of carbonyl (C=O) groups excluding carboxylic acids is 1. The molecule has 0 saturated heterocycles. The topological polar surface area (TPSA) is 17.1 Å². The van der Waals surface area contributed by atoms with Gasteiger partial charge in [-0.3, -0.25) is 4.79 Å². The second-order valence-corrected chi connectivity index (χ2v) is 7.23. The van der Waals surface area contributed by atoms with Crippen molar-refractivity contribution >= 4 is 17.9 Å². The lowest BCUT2D eigenvalue weighted by Crippen LogP contribution is -2.42. The quantitative estimate of drug-likeness (QED) is 0.658. The van der Waals surface area contributed by atoms with Crippen LogP contribution in [0, 0.1) is 0 Å². The van der Waals surface area contributed by atoms with Crippen LogP contribution >= 0.6 is 0 Å². The van der Waals surface area contributed by atoms with Gasteiger partial charge in [0.05, 0.1) is 0 Å². The minimum Gasteiger partial charge on any atom is -0.298 e. The summed E-state index contributed by atoms with van der Waals surface area (Å²) in [7, 11) is 0. The number of carbonyl (C=O) groups is 1. The number of Topliss-reactive ketones (excluding diaryl/α,β-unsaturated/α-hetero) is 1. The van der Waals surface area contributed by atoms with Gasteiger partial charge in [-0.1, -0.05) is 73.8 Å². The zero-order valence-corrected chi connectivity index (χ0v) is 15.1. The van der Waals surface area contributed by atoms with E-state index in [1.165, 1.54) is 0 Å². The summed E-state index contributed by atoms with van der Waals surface area (Å²) in [5, 5.41) is 0. The van der Waals surface area contributed by atoms with Crippen molar-refractivity contribution in [2.45, 2.75) is 38.5 Å². The van der Waals surface area contributed by atoms with Crippen molar-refractivity contribution in [2.75, 3.05) is 0 Å². The molecule has 2 rings (SSSR count). The molecule has 0 N–H and O–H groups in total. The summed E-state index contributed by atoms with van der Waals surface area (Å²) >= 11 is 0. The summed E-state index contributed by atoms with van der Waals surface area (Å²) in [6, 6.07) is 16.1. The predicted octanol–water partition coefficient (Wildman–Crippen LogP) is 5.80. The van der Waals surface area contributed by atoms with Crippen molar-refractivity contribution in [2.24, 2.45) is 0 Å². The predicted molar refractivity (Wildman–Crippen MR) is 104 cm³/mol. The lowest BCUT2D eigenvalue weighted by atomic mass is 9.67. The molecule has 0 spiro atoms. The van der Waals surface area contributed by atoms with E-state index in [2.05, 4.69) is 13.2 Å². The van der Waals surface area contributed by atoms with Crippen LogP contribution in [0.2, 0.25) is 0 Å². The van der Waals surface area contributed by atoms with Crippen LogP contribution in [0.25, 0.3) is 12.2 Å². The molecular formula is C23H26O. The van der Waals surface area contributed by atoms with Gasteiger partial charge in [0.2, 0.25) is 0 Å². The van der Waals surface area contributed by atoms with Crippen LogP contribution in [0.15, 0.2) is 61.7 Å². The third-order valence-corrected chi connectivity index (χ3v) is 4.87. The first-order valence-electron chi connectivity index (χ1n) is 8.24. The molecule has 0 atom stereocenters. The van der Waals surface area contributed by atoms with Crippen molar-refractivity contribution < 1.29 is 4.79 Å². The first-order chi connectivity index (χ1) is 11.2. The molecule has 0 bridgehead atoms. The molecule has 0 aromatic heterocycles. The lowest BCUT2D eigenvalue weighted by Gasteiger charge is -2.34. The van der Waals surface area contributed by atoms with Gasteiger partial charge in [-0.2, -0.15) is 0 Å². The van der Waals surface area contributed by atoms with Crippen molar-refractivity contribution in [1.29, 1.82) is 0 Å². The molecular weight excluding hydrogens is 292 g/mol. The Labute approximate surface area is 145 Å². The van der Waals surface area contributed by atoms with Crippen molar-refractivity contribution in [3.8, 4) is 0 Å². The molecule has 0 fully saturated rings. The first-order valence-corrected chi connectivity index (χ1v) is 8.24. The Kier molecular flexibility index (Phi) is 4.94. The molecule has 1 heteroatoms. The Balaban J connectivity index is 2.38. The summed E-state index contributed by atoms with van der Waals surface area (Å²) in [6.07, 6.45) is 3.62. The molecule has 0 amide bonds. The van der Waals surface area contributed by atoms with E-state index in [1.807, 2.05) is 88.4 Å². The normalized spacial score (nSPS) is 11.8. The Morgan fingerprint density at radius 2 is 1.00 bits per heavy atom. The van der Waals surface area contributed by atoms with Gasteiger partial charge in [-0.25, -0.2) is 0 Å². The van der Waals surface area contributed by atoms with Crippen molar-refractivity contribution in [1.82, 2.24) is 0 Å². The van der Waals surface area contributed by atoms with Gasteiger partial charge in [-0.05, 0) is 49.9 Å². The summed E-state index contributed by atoms with van der Waals surface area (Å²) in [5.41, 5.74) is 3.02. The number of rotatable bonds is 6. The molecule has 0 unspecified atom stereocenters. The van der Waals surface area contributed by atoms with Gasteiger partial charge < -0.3 is 0 Å². The largest absolute Gasteiger partial charge is 0.298 e. The second kappa shape index (κ2) is 6.60. The van der Waals surface area contributed by atoms with Gasteiger partial charge in [-0.15, -0.1) is 0 Å². The monoisotopic (exact) mass is 318 g/mol. The van der Waals surface area contributed by atoms with Gasteiger partial charge >= 0.3 is 0 Å². The number of hydrogen-bond acceptors (Lipinski definition) is 1. The van der Waals surface area contributed by atoms with E-state index in [0.29, 0.717) is 0 Å². The fourth-order valence-corrected chi connectivity index (χ4v) is 3.12. The maximum Gasteiger partial charge on any atom is 0.152 e. The van der Waals surface area contributed by atoms with Crippen LogP contribution < -0.4 is 0 Å². The molecule has 0 heterocycles. The van der Waals surface area contributed by atoms with E-state index >= 15 is 0 Å². The van der Waals surface area contributed by atoms with Crippen LogP contribution in [0.5, 0.6) is 0 Å². The fraction of sp³-hybridized carbons (Fsp3) is 0.261. The lowest BCUT2D eigenvalue weighted by molar-refractivity contribution is -0.128. The average Bonchev–Trinajstić information content (AvgIpc) is 2.61. The van der Waals surface area contributed by atoms with E-state index in [4.69, 9.17) is 0 Å². The minimum absolute atomic E-state index is 0.202. The maximum atomic E-state index is 13.4. The smallest absolute Gasteiger partial charge is 0.152 e. The molecule has 0 radical (unpaired) electrons. The number of hydrogen-bond donors (Lipinski definition) is 0.